The van der Waals surface area contributed by atoms with Crippen molar-refractivity contribution in [2.45, 2.75) is 32.3 Å². The van der Waals surface area contributed by atoms with Gasteiger partial charge in [0.2, 0.25) is 0 Å². The van der Waals surface area contributed by atoms with Crippen molar-refractivity contribution in [3.63, 3.8) is 0 Å². The third-order valence-corrected chi connectivity index (χ3v) is 4.82. The van der Waals surface area contributed by atoms with Gasteiger partial charge >= 0.3 is 5.97 Å². The van der Waals surface area contributed by atoms with E-state index in [0.717, 1.165) is 50.6 Å². The molecule has 1 saturated heterocycles. The molecule has 2 aliphatic heterocycles. The summed E-state index contributed by atoms with van der Waals surface area (Å²) in [6.07, 6.45) is 2.62. The summed E-state index contributed by atoms with van der Waals surface area (Å²) in [5.41, 5.74) is 1.26. The predicted molar refractivity (Wildman–Crippen MR) is 96.9 cm³/mol. The number of rotatable bonds is 4. The predicted octanol–water partition coefficient (Wildman–Crippen LogP) is 1.84. The second kappa shape index (κ2) is 8.23. The number of guanidine groups is 1. The first kappa shape index (κ1) is 17.6. The van der Waals surface area contributed by atoms with E-state index in [1.54, 1.807) is 0 Å². The van der Waals surface area contributed by atoms with Crippen LogP contribution in [0.3, 0.4) is 0 Å². The van der Waals surface area contributed by atoms with Gasteiger partial charge in [0.15, 0.2) is 5.96 Å². The van der Waals surface area contributed by atoms with Gasteiger partial charge in [-0.3, -0.25) is 4.79 Å². The van der Waals surface area contributed by atoms with Gasteiger partial charge in [-0.25, -0.2) is 4.99 Å². The van der Waals surface area contributed by atoms with Crippen molar-refractivity contribution >= 4 is 11.9 Å². The van der Waals surface area contributed by atoms with Crippen molar-refractivity contribution in [3.8, 4) is 5.75 Å². The number of methoxy groups -OCH3 is 1. The van der Waals surface area contributed by atoms with E-state index in [1.165, 1.54) is 12.7 Å². The Bertz CT molecular complexity index is 599. The lowest BCUT2D eigenvalue weighted by Gasteiger charge is -2.33. The molecule has 0 aliphatic carbocycles. The minimum absolute atomic E-state index is 0.0109. The van der Waals surface area contributed by atoms with Crippen molar-refractivity contribution in [1.29, 1.82) is 0 Å². The van der Waals surface area contributed by atoms with Gasteiger partial charge in [0.25, 0.3) is 0 Å². The van der Waals surface area contributed by atoms with E-state index in [9.17, 15) is 4.79 Å². The molecular weight excluding hydrogens is 318 g/mol. The molecule has 3 rings (SSSR count). The van der Waals surface area contributed by atoms with Crippen molar-refractivity contribution in [3.05, 3.63) is 29.8 Å². The maximum atomic E-state index is 11.7. The maximum Gasteiger partial charge on any atom is 0.308 e. The summed E-state index contributed by atoms with van der Waals surface area (Å²) in [6, 6.07) is 8.17. The number of esters is 1. The Morgan fingerprint density at radius 3 is 2.80 bits per heavy atom. The molecule has 1 atom stereocenters. The molecular formula is C19H27N3O3. The van der Waals surface area contributed by atoms with Gasteiger partial charge in [0.05, 0.1) is 19.6 Å². The minimum Gasteiger partial charge on any atom is -0.488 e. The monoisotopic (exact) mass is 345 g/mol. The molecule has 0 amide bonds. The van der Waals surface area contributed by atoms with Crippen LogP contribution in [-0.4, -0.2) is 56.2 Å². The van der Waals surface area contributed by atoms with Crippen molar-refractivity contribution in [1.82, 2.24) is 10.2 Å². The fourth-order valence-corrected chi connectivity index (χ4v) is 3.46. The normalized spacial score (nSPS) is 20.8. The topological polar surface area (TPSA) is 63.2 Å². The van der Waals surface area contributed by atoms with E-state index in [0.29, 0.717) is 6.54 Å². The van der Waals surface area contributed by atoms with E-state index in [-0.39, 0.29) is 18.0 Å². The van der Waals surface area contributed by atoms with Crippen LogP contribution in [0.4, 0.5) is 0 Å². The molecule has 6 nitrogen and oxygen atoms in total. The largest absolute Gasteiger partial charge is 0.488 e. The molecule has 0 saturated carbocycles. The van der Waals surface area contributed by atoms with Crippen LogP contribution in [0.25, 0.3) is 0 Å². The number of nitrogens with zero attached hydrogens (tertiary/aromatic N) is 2. The number of benzene rings is 1. The zero-order chi connectivity index (χ0) is 17.6. The summed E-state index contributed by atoms with van der Waals surface area (Å²) >= 11 is 0. The van der Waals surface area contributed by atoms with E-state index < -0.39 is 0 Å². The Labute approximate surface area is 149 Å². The molecule has 0 bridgehead atoms. The van der Waals surface area contributed by atoms with Gasteiger partial charge in [0.1, 0.15) is 11.9 Å². The van der Waals surface area contributed by atoms with Crippen LogP contribution in [0.15, 0.2) is 29.3 Å². The zero-order valence-corrected chi connectivity index (χ0v) is 15.0. The number of ether oxygens (including phenoxy) is 2. The highest BCUT2D eigenvalue weighted by Crippen LogP contribution is 2.28. The molecule has 1 aromatic carbocycles. The number of carbonyl (C=O) groups excluding carboxylic acids is 1. The Kier molecular flexibility index (Phi) is 5.79. The minimum atomic E-state index is -0.0984. The molecule has 25 heavy (non-hydrogen) atoms. The van der Waals surface area contributed by atoms with E-state index in [4.69, 9.17) is 14.5 Å². The van der Waals surface area contributed by atoms with Crippen LogP contribution in [0.1, 0.15) is 25.3 Å². The number of para-hydroxylation sites is 1. The number of piperidine rings is 1. The lowest BCUT2D eigenvalue weighted by molar-refractivity contribution is -0.146. The SMILES string of the molecule is CCNC(=NCC1Cc2ccccc2O1)N1CCC(C(=O)OC)CC1. The number of likely N-dealkylation sites (tertiary alicyclic amines) is 1. The van der Waals surface area contributed by atoms with Gasteiger partial charge in [-0.15, -0.1) is 0 Å². The lowest BCUT2D eigenvalue weighted by atomic mass is 9.97. The lowest BCUT2D eigenvalue weighted by Crippen LogP contribution is -2.47. The molecule has 0 aromatic heterocycles. The molecule has 1 aromatic rings. The highest BCUT2D eigenvalue weighted by molar-refractivity contribution is 5.80. The molecule has 0 radical (unpaired) electrons. The van der Waals surface area contributed by atoms with Crippen molar-refractivity contribution in [2.75, 3.05) is 33.3 Å². The zero-order valence-electron chi connectivity index (χ0n) is 15.0. The third kappa shape index (κ3) is 4.24. The fourth-order valence-electron chi connectivity index (χ4n) is 3.46. The summed E-state index contributed by atoms with van der Waals surface area (Å²) < 4.78 is 10.8. The number of aliphatic imine (C=N–C) groups is 1. The molecule has 136 valence electrons. The Morgan fingerprint density at radius 1 is 1.36 bits per heavy atom. The van der Waals surface area contributed by atoms with Crippen molar-refractivity contribution < 1.29 is 14.3 Å². The number of carbonyl (C=O) groups is 1. The molecule has 1 fully saturated rings. The number of hydrogen-bond acceptors (Lipinski definition) is 4. The summed E-state index contributed by atoms with van der Waals surface area (Å²) in [7, 11) is 1.46. The first-order chi connectivity index (χ1) is 12.2. The summed E-state index contributed by atoms with van der Waals surface area (Å²) in [4.78, 5) is 18.7. The smallest absolute Gasteiger partial charge is 0.308 e. The average Bonchev–Trinajstić information content (AvgIpc) is 3.07. The summed E-state index contributed by atoms with van der Waals surface area (Å²) in [5, 5.41) is 3.36. The maximum absolute atomic E-state index is 11.7. The molecule has 1 unspecified atom stereocenters. The number of fused-ring (bicyclic) bond motifs is 1. The summed E-state index contributed by atoms with van der Waals surface area (Å²) in [5.74, 6) is 1.80. The highest BCUT2D eigenvalue weighted by atomic mass is 16.5. The number of nitrogens with one attached hydrogen (secondary N) is 1. The van der Waals surface area contributed by atoms with Crippen molar-refractivity contribution in [2.24, 2.45) is 10.9 Å². The fraction of sp³-hybridized carbons (Fsp3) is 0.579. The second-order valence-electron chi connectivity index (χ2n) is 6.53. The van der Waals surface area contributed by atoms with Gasteiger partial charge in [-0.1, -0.05) is 18.2 Å². The van der Waals surface area contributed by atoms with Gasteiger partial charge in [-0.2, -0.15) is 0 Å². The standard InChI is InChI=1S/C19H27N3O3/c1-3-20-19(22-10-8-14(9-11-22)18(23)24-2)21-13-16-12-15-6-4-5-7-17(15)25-16/h4-7,14,16H,3,8-13H2,1-2H3,(H,20,21). The first-order valence-electron chi connectivity index (χ1n) is 9.07. The average molecular weight is 345 g/mol. The van der Waals surface area contributed by atoms with Gasteiger partial charge in [0, 0.05) is 26.1 Å². The molecule has 1 N–H and O–H groups in total. The van der Waals surface area contributed by atoms with E-state index >= 15 is 0 Å². The molecule has 2 heterocycles. The second-order valence-corrected chi connectivity index (χ2v) is 6.53. The Balaban J connectivity index is 1.56. The quantitative estimate of drug-likeness (QED) is 0.512. The van der Waals surface area contributed by atoms with E-state index in [2.05, 4.69) is 23.2 Å². The number of hydrogen-bond donors (Lipinski definition) is 1. The first-order valence-corrected chi connectivity index (χ1v) is 9.07. The van der Waals surface area contributed by atoms with Crippen LogP contribution in [0, 0.1) is 5.92 Å². The third-order valence-electron chi connectivity index (χ3n) is 4.82. The van der Waals surface area contributed by atoms with Crippen LogP contribution >= 0.6 is 0 Å². The van der Waals surface area contributed by atoms with Crippen LogP contribution < -0.4 is 10.1 Å². The Hall–Kier alpha value is -2.24. The molecule has 0 spiro atoms. The van der Waals surface area contributed by atoms with E-state index in [1.807, 2.05) is 18.2 Å². The molecule has 2 aliphatic rings. The van der Waals surface area contributed by atoms with Crippen LogP contribution in [0.2, 0.25) is 0 Å². The van der Waals surface area contributed by atoms with Gasteiger partial charge < -0.3 is 19.7 Å². The van der Waals surface area contributed by atoms with Crippen LogP contribution in [-0.2, 0) is 16.0 Å². The van der Waals surface area contributed by atoms with Crippen LogP contribution in [0.5, 0.6) is 5.75 Å². The molecule has 6 heteroatoms. The summed E-state index contributed by atoms with van der Waals surface area (Å²) in [6.45, 7) is 5.16. The Morgan fingerprint density at radius 2 is 2.12 bits per heavy atom. The highest BCUT2D eigenvalue weighted by Gasteiger charge is 2.27. The van der Waals surface area contributed by atoms with Gasteiger partial charge in [-0.05, 0) is 31.4 Å².